The second-order valence-corrected chi connectivity index (χ2v) is 9.99. The molecule has 172 valence electrons. The van der Waals surface area contributed by atoms with E-state index in [2.05, 4.69) is 24.9 Å². The van der Waals surface area contributed by atoms with Crippen LogP contribution in [0.3, 0.4) is 0 Å². The minimum absolute atomic E-state index is 0.194. The molecule has 2 aromatic carbocycles. The van der Waals surface area contributed by atoms with Gasteiger partial charge < -0.3 is 4.74 Å². The number of sulfonamides is 1. The first-order chi connectivity index (χ1) is 15.9. The molecule has 1 N–H and O–H groups in total. The lowest BCUT2D eigenvalue weighted by Crippen LogP contribution is -2.41. The van der Waals surface area contributed by atoms with Crippen LogP contribution >= 0.6 is 0 Å². The molecule has 0 radical (unpaired) electrons. The fraction of sp³-hybridized carbons (Fsp3) is 0.348. The van der Waals surface area contributed by atoms with Gasteiger partial charge in [-0.05, 0) is 31.5 Å². The molecule has 5 rings (SSSR count). The summed E-state index contributed by atoms with van der Waals surface area (Å²) in [6.07, 6.45) is 0. The minimum atomic E-state index is -3.67. The molecule has 4 aromatic rings. The van der Waals surface area contributed by atoms with Crippen LogP contribution in [0.25, 0.3) is 27.8 Å². The zero-order chi connectivity index (χ0) is 23.0. The Balaban J connectivity index is 1.47. The van der Waals surface area contributed by atoms with E-state index in [0.717, 1.165) is 35.1 Å². The summed E-state index contributed by atoms with van der Waals surface area (Å²) in [6.45, 7) is 7.85. The highest BCUT2D eigenvalue weighted by Gasteiger charge is 2.20. The summed E-state index contributed by atoms with van der Waals surface area (Å²) in [6, 6.07) is 13.0. The smallest absolute Gasteiger partial charge is 0.240 e. The first-order valence-corrected chi connectivity index (χ1v) is 12.4. The standard InChI is InChI=1S/C23H26N6O3S/c1-16-7-8-18(33(30,31)24-9-10-28-11-13-32-14-12-28)15-21(16)23-26-25-22-20-6-4-3-5-19(20)17(2)27-29(22)23/h3-8,15,24H,9-14H2,1-2H3. The van der Waals surface area contributed by atoms with Crippen molar-refractivity contribution in [3.63, 3.8) is 0 Å². The fourth-order valence-corrected chi connectivity index (χ4v) is 5.21. The molecule has 0 atom stereocenters. The van der Waals surface area contributed by atoms with Crippen molar-refractivity contribution < 1.29 is 13.2 Å². The summed E-state index contributed by atoms with van der Waals surface area (Å²) in [5, 5.41) is 15.4. The number of aromatic nitrogens is 4. The summed E-state index contributed by atoms with van der Waals surface area (Å²) >= 11 is 0. The van der Waals surface area contributed by atoms with Crippen molar-refractivity contribution >= 4 is 26.4 Å². The Morgan fingerprint density at radius 3 is 2.58 bits per heavy atom. The van der Waals surface area contributed by atoms with Gasteiger partial charge in [-0.25, -0.2) is 13.1 Å². The number of aryl methyl sites for hydroxylation is 2. The Morgan fingerprint density at radius 1 is 1.03 bits per heavy atom. The van der Waals surface area contributed by atoms with E-state index >= 15 is 0 Å². The summed E-state index contributed by atoms with van der Waals surface area (Å²) in [5.74, 6) is 0.515. The molecule has 0 saturated carbocycles. The van der Waals surface area contributed by atoms with Crippen LogP contribution in [0, 0.1) is 13.8 Å². The maximum atomic E-state index is 13.0. The number of ether oxygens (including phenoxy) is 1. The summed E-state index contributed by atoms with van der Waals surface area (Å²) in [4.78, 5) is 2.38. The SMILES string of the molecule is Cc1ccc(S(=O)(=O)NCCN2CCOCC2)cc1-c1nnc2c3ccccc3c(C)nn12. The summed E-state index contributed by atoms with van der Waals surface area (Å²) < 4.78 is 35.7. The number of rotatable bonds is 6. The predicted octanol–water partition coefficient (Wildman–Crippen LogP) is 2.17. The van der Waals surface area contributed by atoms with Gasteiger partial charge in [0.05, 0.1) is 23.8 Å². The van der Waals surface area contributed by atoms with Gasteiger partial charge in [0.15, 0.2) is 11.5 Å². The van der Waals surface area contributed by atoms with Gasteiger partial charge >= 0.3 is 0 Å². The van der Waals surface area contributed by atoms with Gasteiger partial charge in [-0.3, -0.25) is 4.90 Å². The number of morpholine rings is 1. The van der Waals surface area contributed by atoms with Gasteiger partial charge in [-0.2, -0.15) is 9.61 Å². The van der Waals surface area contributed by atoms with Gasteiger partial charge in [0, 0.05) is 42.5 Å². The third-order valence-electron chi connectivity index (χ3n) is 6.03. The predicted molar refractivity (Wildman–Crippen MR) is 126 cm³/mol. The Labute approximate surface area is 192 Å². The van der Waals surface area contributed by atoms with Crippen LogP contribution in [0.15, 0.2) is 47.4 Å². The Hall–Kier alpha value is -2.92. The molecule has 1 fully saturated rings. The summed E-state index contributed by atoms with van der Waals surface area (Å²) in [7, 11) is -3.67. The lowest BCUT2D eigenvalue weighted by molar-refractivity contribution is 0.0390. The lowest BCUT2D eigenvalue weighted by Gasteiger charge is -2.26. The number of hydrogen-bond donors (Lipinski definition) is 1. The number of hydrogen-bond acceptors (Lipinski definition) is 7. The molecule has 10 heteroatoms. The van der Waals surface area contributed by atoms with Crippen molar-refractivity contribution in [2.45, 2.75) is 18.7 Å². The quantitative estimate of drug-likeness (QED) is 0.465. The molecule has 2 aromatic heterocycles. The second-order valence-electron chi connectivity index (χ2n) is 8.22. The summed E-state index contributed by atoms with van der Waals surface area (Å²) in [5.41, 5.74) is 3.07. The second kappa shape index (κ2) is 8.79. The van der Waals surface area contributed by atoms with E-state index in [0.29, 0.717) is 43.3 Å². The van der Waals surface area contributed by atoms with Crippen LogP contribution < -0.4 is 4.72 Å². The van der Waals surface area contributed by atoms with Crippen molar-refractivity contribution in [1.29, 1.82) is 0 Å². The molecule has 0 amide bonds. The van der Waals surface area contributed by atoms with Crippen LogP contribution in [0.4, 0.5) is 0 Å². The zero-order valence-electron chi connectivity index (χ0n) is 18.7. The van der Waals surface area contributed by atoms with E-state index in [1.807, 2.05) is 38.1 Å². The van der Waals surface area contributed by atoms with E-state index in [4.69, 9.17) is 4.74 Å². The van der Waals surface area contributed by atoms with Crippen molar-refractivity contribution in [3.05, 3.63) is 53.7 Å². The number of nitrogens with zero attached hydrogens (tertiary/aromatic N) is 5. The Kier molecular flexibility index (Phi) is 5.83. The third-order valence-corrected chi connectivity index (χ3v) is 7.49. The lowest BCUT2D eigenvalue weighted by atomic mass is 10.1. The van der Waals surface area contributed by atoms with E-state index in [1.54, 1.807) is 22.7 Å². The van der Waals surface area contributed by atoms with E-state index in [9.17, 15) is 8.42 Å². The molecule has 0 unspecified atom stereocenters. The van der Waals surface area contributed by atoms with E-state index in [1.165, 1.54) is 0 Å². The first-order valence-electron chi connectivity index (χ1n) is 11.0. The minimum Gasteiger partial charge on any atom is -0.379 e. The zero-order valence-corrected chi connectivity index (χ0v) is 19.5. The van der Waals surface area contributed by atoms with Crippen LogP contribution in [0.1, 0.15) is 11.3 Å². The normalized spacial score (nSPS) is 15.5. The molecule has 33 heavy (non-hydrogen) atoms. The average Bonchev–Trinajstić information content (AvgIpc) is 3.24. The van der Waals surface area contributed by atoms with E-state index < -0.39 is 10.0 Å². The van der Waals surface area contributed by atoms with Crippen LogP contribution in [0.2, 0.25) is 0 Å². The number of fused-ring (bicyclic) bond motifs is 3. The fourth-order valence-electron chi connectivity index (χ4n) is 4.16. The van der Waals surface area contributed by atoms with Gasteiger partial charge in [0.25, 0.3) is 0 Å². The molecule has 1 aliphatic rings. The van der Waals surface area contributed by atoms with Crippen molar-refractivity contribution in [2.75, 3.05) is 39.4 Å². The number of benzene rings is 2. The van der Waals surface area contributed by atoms with Gasteiger partial charge in [-0.15, -0.1) is 10.2 Å². The van der Waals surface area contributed by atoms with Gasteiger partial charge in [-0.1, -0.05) is 30.3 Å². The van der Waals surface area contributed by atoms with E-state index in [-0.39, 0.29) is 4.90 Å². The monoisotopic (exact) mass is 466 g/mol. The highest BCUT2D eigenvalue weighted by molar-refractivity contribution is 7.89. The van der Waals surface area contributed by atoms with Gasteiger partial charge in [0.2, 0.25) is 10.0 Å². The molecular weight excluding hydrogens is 440 g/mol. The first kappa shape index (κ1) is 21.9. The van der Waals surface area contributed by atoms with Crippen molar-refractivity contribution in [3.8, 4) is 11.4 Å². The largest absolute Gasteiger partial charge is 0.379 e. The molecular formula is C23H26N6O3S. The average molecular weight is 467 g/mol. The van der Waals surface area contributed by atoms with Crippen LogP contribution in [-0.4, -0.2) is 72.5 Å². The molecule has 0 aliphatic carbocycles. The molecule has 1 aliphatic heterocycles. The molecule has 1 saturated heterocycles. The van der Waals surface area contributed by atoms with Gasteiger partial charge in [0.1, 0.15) is 0 Å². The maximum absolute atomic E-state index is 13.0. The Bertz CT molecular complexity index is 1430. The maximum Gasteiger partial charge on any atom is 0.240 e. The van der Waals surface area contributed by atoms with Crippen LogP contribution in [0.5, 0.6) is 0 Å². The number of nitrogens with one attached hydrogen (secondary N) is 1. The molecule has 3 heterocycles. The highest BCUT2D eigenvalue weighted by atomic mass is 32.2. The molecule has 9 nitrogen and oxygen atoms in total. The molecule has 0 spiro atoms. The highest BCUT2D eigenvalue weighted by Crippen LogP contribution is 2.28. The Morgan fingerprint density at radius 2 is 1.79 bits per heavy atom. The van der Waals surface area contributed by atoms with Crippen molar-refractivity contribution in [2.24, 2.45) is 0 Å². The topological polar surface area (TPSA) is 102 Å². The van der Waals surface area contributed by atoms with Crippen molar-refractivity contribution in [1.82, 2.24) is 29.4 Å². The van der Waals surface area contributed by atoms with Crippen LogP contribution in [-0.2, 0) is 14.8 Å². The third kappa shape index (κ3) is 4.22. The molecule has 0 bridgehead atoms.